The normalized spacial score (nSPS) is 31.8. The fraction of sp³-hybridized carbons (Fsp3) is 0.947. The van der Waals surface area contributed by atoms with Crippen LogP contribution in [0.15, 0.2) is 0 Å². The fourth-order valence-corrected chi connectivity index (χ4v) is 4.08. The number of alkyl carbamates (subject to hydrolysis) is 1. The van der Waals surface area contributed by atoms with E-state index in [1.165, 1.54) is 44.9 Å². The topological polar surface area (TPSA) is 50.4 Å². The molecule has 0 heterocycles. The summed E-state index contributed by atoms with van der Waals surface area (Å²) in [5, 5.41) is 6.77. The van der Waals surface area contributed by atoms with E-state index in [1.807, 2.05) is 20.8 Å². The van der Waals surface area contributed by atoms with Crippen molar-refractivity contribution in [2.24, 2.45) is 17.8 Å². The van der Waals surface area contributed by atoms with Gasteiger partial charge in [-0.1, -0.05) is 32.6 Å². The second kappa shape index (κ2) is 8.36. The van der Waals surface area contributed by atoms with Gasteiger partial charge in [0.25, 0.3) is 0 Å². The van der Waals surface area contributed by atoms with Crippen molar-refractivity contribution < 1.29 is 9.53 Å². The smallest absolute Gasteiger partial charge is 0.407 e. The summed E-state index contributed by atoms with van der Waals surface area (Å²) in [5.74, 6) is 2.24. The molecule has 23 heavy (non-hydrogen) atoms. The van der Waals surface area contributed by atoms with E-state index < -0.39 is 5.60 Å². The van der Waals surface area contributed by atoms with Crippen LogP contribution in [0.25, 0.3) is 0 Å². The molecule has 0 radical (unpaired) electrons. The average Bonchev–Trinajstić information content (AvgIpc) is 2.90. The van der Waals surface area contributed by atoms with E-state index in [9.17, 15) is 4.79 Å². The summed E-state index contributed by atoms with van der Waals surface area (Å²) in [5.41, 5.74) is -0.422. The van der Waals surface area contributed by atoms with Gasteiger partial charge >= 0.3 is 6.09 Å². The molecule has 4 unspecified atom stereocenters. The predicted molar refractivity (Wildman–Crippen MR) is 94.5 cm³/mol. The van der Waals surface area contributed by atoms with Gasteiger partial charge < -0.3 is 15.4 Å². The van der Waals surface area contributed by atoms with Crippen molar-refractivity contribution in [2.75, 3.05) is 13.1 Å². The highest BCUT2D eigenvalue weighted by Gasteiger charge is 2.29. The SMILES string of the molecule is CC1CCCCC1CNC1CCCC1CNC(=O)OC(C)(C)C. The molecule has 2 N–H and O–H groups in total. The van der Waals surface area contributed by atoms with Crippen molar-refractivity contribution in [3.05, 3.63) is 0 Å². The van der Waals surface area contributed by atoms with Gasteiger partial charge in [0.05, 0.1) is 0 Å². The molecule has 0 aromatic rings. The number of carbonyl (C=O) groups excluding carboxylic acids is 1. The molecule has 2 aliphatic carbocycles. The standard InChI is InChI=1S/C19H36N2O2/c1-14-8-5-6-9-15(14)12-20-17-11-7-10-16(17)13-21-18(22)23-19(2,3)4/h14-17,20H,5-13H2,1-4H3,(H,21,22). The monoisotopic (exact) mass is 324 g/mol. The largest absolute Gasteiger partial charge is 0.444 e. The van der Waals surface area contributed by atoms with Gasteiger partial charge in [0.1, 0.15) is 5.60 Å². The number of nitrogens with one attached hydrogen (secondary N) is 2. The highest BCUT2D eigenvalue weighted by Crippen LogP contribution is 2.30. The molecule has 0 saturated heterocycles. The molecule has 0 aromatic carbocycles. The van der Waals surface area contributed by atoms with E-state index in [0.29, 0.717) is 12.0 Å². The first kappa shape index (κ1) is 18.6. The Morgan fingerprint density at radius 1 is 1.00 bits per heavy atom. The lowest BCUT2D eigenvalue weighted by Crippen LogP contribution is -2.43. The lowest BCUT2D eigenvalue weighted by Gasteiger charge is -2.31. The van der Waals surface area contributed by atoms with Gasteiger partial charge in [-0.2, -0.15) is 0 Å². The van der Waals surface area contributed by atoms with Crippen molar-refractivity contribution in [3.63, 3.8) is 0 Å². The van der Waals surface area contributed by atoms with Crippen molar-refractivity contribution in [1.29, 1.82) is 0 Å². The summed E-state index contributed by atoms with van der Waals surface area (Å²) >= 11 is 0. The van der Waals surface area contributed by atoms with Crippen LogP contribution in [-0.4, -0.2) is 30.8 Å². The Labute approximate surface area is 142 Å². The number of hydrogen-bond acceptors (Lipinski definition) is 3. The van der Waals surface area contributed by atoms with Crippen LogP contribution in [0, 0.1) is 17.8 Å². The Balaban J connectivity index is 1.71. The molecular weight excluding hydrogens is 288 g/mol. The highest BCUT2D eigenvalue weighted by molar-refractivity contribution is 5.67. The number of rotatable bonds is 5. The van der Waals surface area contributed by atoms with Crippen molar-refractivity contribution >= 4 is 6.09 Å². The molecule has 0 aromatic heterocycles. The van der Waals surface area contributed by atoms with Crippen LogP contribution in [0.3, 0.4) is 0 Å². The van der Waals surface area contributed by atoms with Crippen LogP contribution in [0.4, 0.5) is 4.79 Å². The second-order valence-corrected chi connectivity index (χ2v) is 8.61. The van der Waals surface area contributed by atoms with E-state index in [4.69, 9.17) is 4.74 Å². The van der Waals surface area contributed by atoms with Crippen LogP contribution in [-0.2, 0) is 4.74 Å². The van der Waals surface area contributed by atoms with Gasteiger partial charge in [0.2, 0.25) is 0 Å². The maximum absolute atomic E-state index is 11.8. The molecule has 2 fully saturated rings. The minimum absolute atomic E-state index is 0.288. The summed E-state index contributed by atoms with van der Waals surface area (Å²) in [7, 11) is 0. The van der Waals surface area contributed by atoms with Crippen molar-refractivity contribution in [2.45, 2.75) is 84.3 Å². The average molecular weight is 325 g/mol. The molecule has 0 bridgehead atoms. The zero-order chi connectivity index (χ0) is 16.9. The Morgan fingerprint density at radius 2 is 1.70 bits per heavy atom. The number of hydrogen-bond donors (Lipinski definition) is 2. The molecule has 0 aliphatic heterocycles. The maximum atomic E-state index is 11.8. The summed E-state index contributed by atoms with van der Waals surface area (Å²) in [4.78, 5) is 11.8. The molecule has 4 atom stereocenters. The Bertz CT molecular complexity index is 378. The number of ether oxygens (including phenoxy) is 1. The third kappa shape index (κ3) is 6.33. The van der Waals surface area contributed by atoms with Gasteiger partial charge in [-0.15, -0.1) is 0 Å². The Kier molecular flexibility index (Phi) is 6.75. The molecule has 4 heteroatoms. The first-order valence-corrected chi connectivity index (χ1v) is 9.55. The van der Waals surface area contributed by atoms with Gasteiger partial charge in [0.15, 0.2) is 0 Å². The predicted octanol–water partition coefficient (Wildman–Crippen LogP) is 4.10. The van der Waals surface area contributed by atoms with Gasteiger partial charge in [-0.25, -0.2) is 4.79 Å². The summed E-state index contributed by atoms with van der Waals surface area (Å²) in [6.07, 6.45) is 8.98. The molecule has 0 spiro atoms. The van der Waals surface area contributed by atoms with Crippen molar-refractivity contribution in [1.82, 2.24) is 10.6 Å². The van der Waals surface area contributed by atoms with E-state index in [-0.39, 0.29) is 6.09 Å². The van der Waals surface area contributed by atoms with Crippen LogP contribution in [0.5, 0.6) is 0 Å². The van der Waals surface area contributed by atoms with E-state index >= 15 is 0 Å². The molecule has 4 nitrogen and oxygen atoms in total. The maximum Gasteiger partial charge on any atom is 0.407 e. The van der Waals surface area contributed by atoms with Crippen LogP contribution < -0.4 is 10.6 Å². The zero-order valence-electron chi connectivity index (χ0n) is 15.5. The minimum Gasteiger partial charge on any atom is -0.444 e. The quantitative estimate of drug-likeness (QED) is 0.800. The summed E-state index contributed by atoms with van der Waals surface area (Å²) in [6, 6.07) is 0.555. The molecule has 2 rings (SSSR count). The van der Waals surface area contributed by atoms with Crippen LogP contribution in [0.1, 0.15) is 72.6 Å². The molecule has 134 valence electrons. The zero-order valence-corrected chi connectivity index (χ0v) is 15.5. The third-order valence-corrected chi connectivity index (χ3v) is 5.50. The lowest BCUT2D eigenvalue weighted by molar-refractivity contribution is 0.0517. The van der Waals surface area contributed by atoms with Gasteiger partial charge in [0, 0.05) is 12.6 Å². The number of amides is 1. The van der Waals surface area contributed by atoms with E-state index in [1.54, 1.807) is 0 Å². The van der Waals surface area contributed by atoms with Gasteiger partial charge in [-0.05, 0) is 64.3 Å². The number of carbonyl (C=O) groups is 1. The first-order chi connectivity index (χ1) is 10.8. The lowest BCUT2D eigenvalue weighted by atomic mass is 9.80. The van der Waals surface area contributed by atoms with Gasteiger partial charge in [-0.3, -0.25) is 0 Å². The van der Waals surface area contributed by atoms with E-state index in [0.717, 1.165) is 24.9 Å². The van der Waals surface area contributed by atoms with Crippen molar-refractivity contribution in [3.8, 4) is 0 Å². The van der Waals surface area contributed by atoms with E-state index in [2.05, 4.69) is 17.6 Å². The summed E-state index contributed by atoms with van der Waals surface area (Å²) < 4.78 is 5.33. The molecule has 2 saturated carbocycles. The molecular formula is C19H36N2O2. The summed E-state index contributed by atoms with van der Waals surface area (Å²) in [6.45, 7) is 9.98. The minimum atomic E-state index is -0.422. The van der Waals surface area contributed by atoms with Crippen LogP contribution >= 0.6 is 0 Å². The highest BCUT2D eigenvalue weighted by atomic mass is 16.6. The molecule has 1 amide bonds. The molecule has 2 aliphatic rings. The van der Waals surface area contributed by atoms with Crippen LogP contribution in [0.2, 0.25) is 0 Å². The Hall–Kier alpha value is -0.770. The second-order valence-electron chi connectivity index (χ2n) is 8.61. The fourth-order valence-electron chi connectivity index (χ4n) is 4.08. The Morgan fingerprint density at radius 3 is 2.39 bits per heavy atom. The third-order valence-electron chi connectivity index (χ3n) is 5.50. The first-order valence-electron chi connectivity index (χ1n) is 9.55.